The van der Waals surface area contributed by atoms with Gasteiger partial charge in [0.15, 0.2) is 5.84 Å². The molecule has 3 rings (SSSR count). The van der Waals surface area contributed by atoms with Crippen LogP contribution in [0.5, 0.6) is 0 Å². The number of alkyl halides is 3. The maximum absolute atomic E-state index is 12.8. The monoisotopic (exact) mass is 585 g/mol. The predicted octanol–water partition coefficient (Wildman–Crippen LogP) is 2.37. The Morgan fingerprint density at radius 3 is 2.51 bits per heavy atom. The summed E-state index contributed by atoms with van der Waals surface area (Å²) in [4.78, 5) is 37.9. The first kappa shape index (κ1) is 34.6. The Bertz CT molecular complexity index is 1290. The normalized spacial score (nSPS) is 11.6. The van der Waals surface area contributed by atoms with Crippen molar-refractivity contribution in [1.29, 1.82) is 0 Å². The van der Waals surface area contributed by atoms with Crippen molar-refractivity contribution in [3.05, 3.63) is 36.7 Å². The Kier molecular flexibility index (Phi) is 13.5. The summed E-state index contributed by atoms with van der Waals surface area (Å²) in [5.74, 6) is -0.00199. The third kappa shape index (κ3) is 11.0. The van der Waals surface area contributed by atoms with Crippen LogP contribution in [-0.2, 0) is 21.0 Å². The minimum absolute atomic E-state index is 0.0699. The van der Waals surface area contributed by atoms with Crippen molar-refractivity contribution in [1.82, 2.24) is 34.2 Å². The van der Waals surface area contributed by atoms with E-state index < -0.39 is 24.4 Å². The zero-order chi connectivity index (χ0) is 31.2. The first-order valence-electron chi connectivity index (χ1n) is 11.8. The number of hydrogen-bond donors (Lipinski definition) is 2. The molecule has 0 unspecified atom stereocenters. The van der Waals surface area contributed by atoms with Gasteiger partial charge in [-0.2, -0.15) is 18.3 Å². The standard InChI is InChI=1S/C22H28F3N9O3.CH4O.CH2O/c1-21(2,3)37-20(35)32(5)9-10-36-14-33-11-15(29-13-33)17-16(30-19-27-7-6-8-34(17)19)18(31-26-4)28-12-22(23,24)25;2*1-2/h6-8,11,13H,4,9-10,12,14H2,1-3,5H3,(H,28,31);2H,1H3;1H2. The van der Waals surface area contributed by atoms with Crippen molar-refractivity contribution in [2.75, 3.05) is 33.9 Å². The Labute approximate surface area is 234 Å². The SMILES string of the molecule is C=NNC(=NCC(F)(F)F)c1nc2ncccn2c1-c1cn(COCCN(C)C(=O)OC(C)(C)C)cn1.C=O.CO. The lowest BCUT2D eigenvalue weighted by atomic mass is 10.2. The lowest BCUT2D eigenvalue weighted by Crippen LogP contribution is -2.36. The van der Waals surface area contributed by atoms with E-state index in [1.165, 1.54) is 17.4 Å². The van der Waals surface area contributed by atoms with E-state index in [1.54, 1.807) is 55.2 Å². The summed E-state index contributed by atoms with van der Waals surface area (Å²) in [6, 6.07) is 1.65. The molecule has 0 radical (unpaired) electrons. The highest BCUT2D eigenvalue weighted by atomic mass is 19.4. The second-order valence-electron chi connectivity index (χ2n) is 8.86. The molecule has 17 heteroatoms. The van der Waals surface area contributed by atoms with E-state index in [2.05, 4.69) is 37.2 Å². The number of nitrogens with one attached hydrogen (secondary N) is 1. The number of hydrazone groups is 1. The number of halogens is 3. The number of carbonyl (C=O) groups excluding carboxylic acids is 2. The molecule has 1 amide bonds. The minimum atomic E-state index is -4.53. The van der Waals surface area contributed by atoms with Crippen molar-refractivity contribution < 1.29 is 37.3 Å². The number of hydrogen-bond acceptors (Lipinski definition) is 10. The predicted molar refractivity (Wildman–Crippen MR) is 144 cm³/mol. The van der Waals surface area contributed by atoms with Crippen LogP contribution in [0.4, 0.5) is 18.0 Å². The molecular weight excluding hydrogens is 551 g/mol. The van der Waals surface area contributed by atoms with Crippen molar-refractivity contribution in [3.8, 4) is 11.4 Å². The molecule has 0 aliphatic rings. The molecule has 3 aromatic rings. The van der Waals surface area contributed by atoms with Gasteiger partial charge in [-0.15, -0.1) is 0 Å². The van der Waals surface area contributed by atoms with E-state index in [1.807, 2.05) is 6.79 Å². The number of likely N-dealkylation sites (N-methyl/N-ethyl adjacent to an activating group) is 1. The summed E-state index contributed by atoms with van der Waals surface area (Å²) in [5.41, 5.74) is 2.59. The van der Waals surface area contributed by atoms with Crippen LogP contribution < -0.4 is 5.43 Å². The van der Waals surface area contributed by atoms with Gasteiger partial charge in [-0.05, 0) is 26.8 Å². The highest BCUT2D eigenvalue weighted by Gasteiger charge is 2.28. The van der Waals surface area contributed by atoms with Gasteiger partial charge in [0.1, 0.15) is 42.7 Å². The number of imidazole rings is 2. The molecule has 3 aromatic heterocycles. The number of aliphatic hydroxyl groups excluding tert-OH is 1. The molecule has 226 valence electrons. The zero-order valence-electron chi connectivity index (χ0n) is 23.4. The van der Waals surface area contributed by atoms with Gasteiger partial charge in [-0.25, -0.2) is 19.7 Å². The smallest absolute Gasteiger partial charge is 0.410 e. The third-order valence-electron chi connectivity index (χ3n) is 4.62. The van der Waals surface area contributed by atoms with E-state index in [-0.39, 0.29) is 30.6 Å². The van der Waals surface area contributed by atoms with Crippen molar-refractivity contribution in [3.63, 3.8) is 0 Å². The second-order valence-corrected chi connectivity index (χ2v) is 8.86. The average molecular weight is 586 g/mol. The average Bonchev–Trinajstić information content (AvgIpc) is 3.54. The van der Waals surface area contributed by atoms with Crippen LogP contribution in [0.15, 0.2) is 41.1 Å². The highest BCUT2D eigenvalue weighted by molar-refractivity contribution is 6.02. The van der Waals surface area contributed by atoms with Crippen molar-refractivity contribution in [2.45, 2.75) is 39.3 Å². The van der Waals surface area contributed by atoms with Crippen LogP contribution in [0.2, 0.25) is 0 Å². The highest BCUT2D eigenvalue weighted by Crippen LogP contribution is 2.24. The Morgan fingerprint density at radius 2 is 1.90 bits per heavy atom. The van der Waals surface area contributed by atoms with Crippen LogP contribution in [-0.4, -0.2) is 105 Å². The number of aliphatic imine (C=N–C) groups is 1. The Morgan fingerprint density at radius 1 is 1.22 bits per heavy atom. The van der Waals surface area contributed by atoms with Crippen LogP contribution in [0, 0.1) is 0 Å². The molecule has 0 saturated carbocycles. The van der Waals surface area contributed by atoms with Crippen LogP contribution in [0.25, 0.3) is 17.2 Å². The number of rotatable bonds is 9. The zero-order valence-corrected chi connectivity index (χ0v) is 23.4. The molecule has 0 atom stereocenters. The summed E-state index contributed by atoms with van der Waals surface area (Å²) >= 11 is 0. The van der Waals surface area contributed by atoms with Gasteiger partial charge in [0.2, 0.25) is 5.78 Å². The van der Waals surface area contributed by atoms with Gasteiger partial charge in [-0.3, -0.25) is 14.8 Å². The van der Waals surface area contributed by atoms with E-state index in [4.69, 9.17) is 19.4 Å². The van der Waals surface area contributed by atoms with E-state index in [0.717, 1.165) is 7.11 Å². The fourth-order valence-electron chi connectivity index (χ4n) is 3.06. The quantitative estimate of drug-likeness (QED) is 0.166. The number of nitrogens with zero attached hydrogens (tertiary/aromatic N) is 8. The number of aromatic nitrogens is 5. The summed E-state index contributed by atoms with van der Waals surface area (Å²) in [7, 11) is 2.61. The molecule has 3 heterocycles. The first-order valence-corrected chi connectivity index (χ1v) is 11.8. The van der Waals surface area contributed by atoms with Gasteiger partial charge in [0, 0.05) is 46.0 Å². The Hall–Kier alpha value is -4.38. The maximum Gasteiger partial charge on any atom is 0.410 e. The Balaban J connectivity index is 0.00000201. The lowest BCUT2D eigenvalue weighted by molar-refractivity contribution is -0.118. The van der Waals surface area contributed by atoms with Gasteiger partial charge < -0.3 is 28.8 Å². The molecule has 0 aromatic carbocycles. The first-order chi connectivity index (χ1) is 19.4. The van der Waals surface area contributed by atoms with Crippen LogP contribution in [0.3, 0.4) is 0 Å². The summed E-state index contributed by atoms with van der Waals surface area (Å²) in [6.07, 6.45) is 1.31. The van der Waals surface area contributed by atoms with Crippen molar-refractivity contribution in [2.24, 2.45) is 10.1 Å². The third-order valence-corrected chi connectivity index (χ3v) is 4.62. The molecule has 0 bridgehead atoms. The van der Waals surface area contributed by atoms with Gasteiger partial charge in [0.05, 0.1) is 12.9 Å². The van der Waals surface area contributed by atoms with Crippen LogP contribution in [0.1, 0.15) is 26.5 Å². The molecule has 0 saturated heterocycles. The van der Waals surface area contributed by atoms with E-state index in [0.29, 0.717) is 17.9 Å². The molecule has 0 fully saturated rings. The summed E-state index contributed by atoms with van der Waals surface area (Å²) < 4.78 is 52.7. The number of carbonyl (C=O) groups is 2. The van der Waals surface area contributed by atoms with Crippen molar-refractivity contribution >= 4 is 31.2 Å². The summed E-state index contributed by atoms with van der Waals surface area (Å²) in [6.45, 7) is 9.83. The van der Waals surface area contributed by atoms with E-state index >= 15 is 0 Å². The molecule has 41 heavy (non-hydrogen) atoms. The molecule has 2 N–H and O–H groups in total. The minimum Gasteiger partial charge on any atom is -0.444 e. The fraction of sp³-hybridized carbons (Fsp3) is 0.458. The molecule has 0 aliphatic heterocycles. The number of fused-ring (bicyclic) bond motifs is 1. The summed E-state index contributed by atoms with van der Waals surface area (Å²) in [5, 5.41) is 10.5. The molecular formula is C24H34F3N9O5. The number of amides is 1. The number of aliphatic hydroxyl groups is 1. The van der Waals surface area contributed by atoms with Crippen LogP contribution >= 0.6 is 0 Å². The van der Waals surface area contributed by atoms with Gasteiger partial charge >= 0.3 is 12.3 Å². The lowest BCUT2D eigenvalue weighted by Gasteiger charge is -2.24. The number of ether oxygens (including phenoxy) is 2. The molecule has 0 spiro atoms. The van der Waals surface area contributed by atoms with E-state index in [9.17, 15) is 18.0 Å². The van der Waals surface area contributed by atoms with Gasteiger partial charge in [0.25, 0.3) is 0 Å². The molecule has 14 nitrogen and oxygen atoms in total. The molecule has 0 aliphatic carbocycles. The topological polar surface area (TPSA) is 161 Å². The second kappa shape index (κ2) is 16.0. The fourth-order valence-corrected chi connectivity index (χ4v) is 3.06. The maximum atomic E-state index is 12.8. The van der Waals surface area contributed by atoms with Gasteiger partial charge in [-0.1, -0.05) is 0 Å². The number of amidine groups is 1. The largest absolute Gasteiger partial charge is 0.444 e.